The molecule has 266 valence electrons. The predicted octanol–water partition coefficient (Wildman–Crippen LogP) is 7.17. The van der Waals surface area contributed by atoms with Crippen molar-refractivity contribution in [3.8, 4) is 11.1 Å². The number of ether oxygens (including phenoxy) is 2. The molecule has 3 N–H and O–H groups in total. The van der Waals surface area contributed by atoms with Crippen LogP contribution in [0.15, 0.2) is 138 Å². The van der Waals surface area contributed by atoms with Crippen molar-refractivity contribution in [2.45, 2.75) is 62.5 Å². The molecule has 0 radical (unpaired) electrons. The summed E-state index contributed by atoms with van der Waals surface area (Å²) in [5, 5.41) is 20.8. The summed E-state index contributed by atoms with van der Waals surface area (Å²) in [6.45, 7) is 4.88. The minimum Gasteiger partial charge on any atom is -0.392 e. The zero-order valence-corrected chi connectivity index (χ0v) is 30.0. The number of nitrogens with one attached hydrogen (secondary N) is 1. The fourth-order valence-electron chi connectivity index (χ4n) is 6.50. The Hall–Kier alpha value is -4.19. The minimum absolute atomic E-state index is 0.00827. The van der Waals surface area contributed by atoms with Gasteiger partial charge in [-0.25, -0.2) is 13.1 Å². The van der Waals surface area contributed by atoms with E-state index in [-0.39, 0.29) is 42.2 Å². The number of aliphatic hydroxyl groups is 2. The summed E-state index contributed by atoms with van der Waals surface area (Å²) in [6.07, 6.45) is -1.76. The van der Waals surface area contributed by atoms with Crippen molar-refractivity contribution in [1.82, 2.24) is 9.62 Å². The highest BCUT2D eigenvalue weighted by Gasteiger charge is 2.39. The molecule has 8 nitrogen and oxygen atoms in total. The maximum Gasteiger partial charge on any atom is 0.240 e. The van der Waals surface area contributed by atoms with Crippen molar-refractivity contribution in [2.24, 2.45) is 5.92 Å². The van der Waals surface area contributed by atoms with E-state index < -0.39 is 22.4 Å². The van der Waals surface area contributed by atoms with Crippen LogP contribution in [-0.2, 0) is 32.6 Å². The molecular formula is C42H46N2O6S. The van der Waals surface area contributed by atoms with Crippen molar-refractivity contribution in [3.63, 3.8) is 0 Å². The summed E-state index contributed by atoms with van der Waals surface area (Å²) in [7, 11) is -1.61. The van der Waals surface area contributed by atoms with Gasteiger partial charge in [0.1, 0.15) is 0 Å². The van der Waals surface area contributed by atoms with Crippen LogP contribution < -0.4 is 4.72 Å². The Morgan fingerprint density at radius 1 is 0.765 bits per heavy atom. The van der Waals surface area contributed by atoms with E-state index in [9.17, 15) is 18.6 Å². The monoisotopic (exact) mass is 706 g/mol. The second-order valence-corrected chi connectivity index (χ2v) is 15.1. The first-order valence-electron chi connectivity index (χ1n) is 17.3. The summed E-state index contributed by atoms with van der Waals surface area (Å²) in [5.41, 5.74) is 6.38. The quantitative estimate of drug-likeness (QED) is 0.119. The van der Waals surface area contributed by atoms with Gasteiger partial charge >= 0.3 is 0 Å². The minimum atomic E-state index is -3.62. The molecule has 6 rings (SSSR count). The van der Waals surface area contributed by atoms with Crippen molar-refractivity contribution >= 4 is 10.0 Å². The molecule has 1 fully saturated rings. The lowest BCUT2D eigenvalue weighted by Crippen LogP contribution is -2.46. The highest BCUT2D eigenvalue weighted by molar-refractivity contribution is 7.89. The highest BCUT2D eigenvalue weighted by atomic mass is 32.2. The summed E-state index contributed by atoms with van der Waals surface area (Å²) in [5.74, 6) is -0.00827. The van der Waals surface area contributed by atoms with Gasteiger partial charge in [-0.1, -0.05) is 122 Å². The van der Waals surface area contributed by atoms with Gasteiger partial charge in [-0.2, -0.15) is 0 Å². The molecule has 9 heteroatoms. The maximum absolute atomic E-state index is 12.8. The number of sulfonamides is 1. The lowest BCUT2D eigenvalue weighted by Gasteiger charge is -2.43. The molecule has 0 aliphatic carbocycles. The Morgan fingerprint density at radius 3 is 2.08 bits per heavy atom. The van der Waals surface area contributed by atoms with Crippen molar-refractivity contribution in [1.29, 1.82) is 0 Å². The third-order valence-electron chi connectivity index (χ3n) is 9.85. The van der Waals surface area contributed by atoms with Crippen LogP contribution in [-0.4, -0.2) is 49.3 Å². The lowest BCUT2D eigenvalue weighted by molar-refractivity contribution is -0.276. The van der Waals surface area contributed by atoms with E-state index in [0.29, 0.717) is 6.54 Å². The zero-order valence-electron chi connectivity index (χ0n) is 29.2. The Labute approximate surface area is 301 Å². The van der Waals surface area contributed by atoms with Gasteiger partial charge in [0.2, 0.25) is 10.0 Å². The third kappa shape index (κ3) is 8.83. The molecule has 1 aliphatic heterocycles. The molecule has 0 spiro atoms. The molecule has 0 saturated carbocycles. The number of likely N-dealkylation sites (N-methyl/N-ethyl adjacent to an activating group) is 1. The molecule has 1 aliphatic rings. The van der Waals surface area contributed by atoms with E-state index in [0.717, 1.165) is 38.9 Å². The molecule has 6 atom stereocenters. The zero-order chi connectivity index (χ0) is 36.0. The number of aliphatic hydroxyl groups excluding tert-OH is 2. The molecule has 1 saturated heterocycles. The van der Waals surface area contributed by atoms with Gasteiger partial charge in [-0.15, -0.1) is 0 Å². The second-order valence-electron chi connectivity index (χ2n) is 13.3. The smallest absolute Gasteiger partial charge is 0.240 e. The summed E-state index contributed by atoms with van der Waals surface area (Å²) < 4.78 is 41.6. The van der Waals surface area contributed by atoms with Crippen LogP contribution in [0.1, 0.15) is 60.2 Å². The Balaban J connectivity index is 1.19. The summed E-state index contributed by atoms with van der Waals surface area (Å²) in [4.78, 5) is 2.37. The van der Waals surface area contributed by atoms with E-state index in [4.69, 9.17) is 9.47 Å². The first-order chi connectivity index (χ1) is 24.6. The molecular weight excluding hydrogens is 661 g/mol. The highest BCUT2D eigenvalue weighted by Crippen LogP contribution is 2.42. The lowest BCUT2D eigenvalue weighted by atomic mass is 9.89. The van der Waals surface area contributed by atoms with Gasteiger partial charge in [0, 0.05) is 30.6 Å². The summed E-state index contributed by atoms with van der Waals surface area (Å²) >= 11 is 0. The van der Waals surface area contributed by atoms with E-state index in [1.165, 1.54) is 0 Å². The third-order valence-corrected chi connectivity index (χ3v) is 11.3. The average molecular weight is 707 g/mol. The van der Waals surface area contributed by atoms with Crippen molar-refractivity contribution in [2.75, 3.05) is 13.6 Å². The fraction of sp³-hybridized carbons (Fsp3) is 0.286. The molecule has 51 heavy (non-hydrogen) atoms. The first kappa shape index (κ1) is 36.6. The predicted molar refractivity (Wildman–Crippen MR) is 199 cm³/mol. The molecule has 0 amide bonds. The SMILES string of the molecule is C[C@@H]1[C@H](CN(C)[C@H](C)[C@@H](O)c2ccccc2)O[C@H](c2ccc(-c3cccc(CNS(=O)(=O)c4ccccc4)c3)cc2)O[C@@H]1c1ccc(CO)cc1. The maximum atomic E-state index is 12.8. The topological polar surface area (TPSA) is 108 Å². The number of benzene rings is 5. The number of rotatable bonds is 13. The van der Waals surface area contributed by atoms with Crippen LogP contribution in [0.2, 0.25) is 0 Å². The standard InChI is InChI=1S/C42H46N2O6S/c1-29-39(27-44(3)30(2)40(46)34-12-6-4-7-13-34)49-42(50-41(29)35-19-17-31(28-45)18-20-35)36-23-21-33(22-24-36)37-14-10-11-32(25-37)26-43-51(47,48)38-15-8-5-9-16-38/h4-25,29-30,39-43,45-46H,26-28H2,1-3H3/t29-,30-,39+,40-,41+,42+/m1/s1. The first-order valence-corrected chi connectivity index (χ1v) is 18.8. The van der Waals surface area contributed by atoms with Crippen LogP contribution in [0.4, 0.5) is 0 Å². The van der Waals surface area contributed by atoms with Crippen LogP contribution in [0, 0.1) is 5.92 Å². The van der Waals surface area contributed by atoms with Gasteiger partial charge in [0.25, 0.3) is 0 Å². The molecule has 0 bridgehead atoms. The van der Waals surface area contributed by atoms with Crippen molar-refractivity contribution in [3.05, 3.63) is 161 Å². The number of hydrogen-bond acceptors (Lipinski definition) is 7. The fourth-order valence-corrected chi connectivity index (χ4v) is 7.54. The van der Waals surface area contributed by atoms with Gasteiger partial charge in [-0.3, -0.25) is 4.90 Å². The Morgan fingerprint density at radius 2 is 1.41 bits per heavy atom. The van der Waals surface area contributed by atoms with Crippen LogP contribution in [0.3, 0.4) is 0 Å². The van der Waals surface area contributed by atoms with Crippen LogP contribution in [0.25, 0.3) is 11.1 Å². The van der Waals surface area contributed by atoms with E-state index >= 15 is 0 Å². The number of hydrogen-bond donors (Lipinski definition) is 3. The van der Waals surface area contributed by atoms with Crippen LogP contribution in [0.5, 0.6) is 0 Å². The largest absolute Gasteiger partial charge is 0.392 e. The van der Waals surface area contributed by atoms with Gasteiger partial charge in [-0.05, 0) is 65.6 Å². The number of nitrogens with zero attached hydrogens (tertiary/aromatic N) is 1. The Kier molecular flexibility index (Phi) is 11.8. The molecule has 5 aromatic rings. The van der Waals surface area contributed by atoms with Gasteiger partial charge in [0.15, 0.2) is 6.29 Å². The molecule has 1 heterocycles. The van der Waals surface area contributed by atoms with Crippen LogP contribution >= 0.6 is 0 Å². The average Bonchev–Trinajstić information content (AvgIpc) is 3.18. The van der Waals surface area contributed by atoms with Gasteiger partial charge < -0.3 is 19.7 Å². The molecule has 5 aromatic carbocycles. The van der Waals surface area contributed by atoms with E-state index in [1.54, 1.807) is 30.3 Å². The second kappa shape index (κ2) is 16.4. The van der Waals surface area contributed by atoms with E-state index in [1.807, 2.05) is 117 Å². The normalized spacial score (nSPS) is 20.6. The van der Waals surface area contributed by atoms with E-state index in [2.05, 4.69) is 16.5 Å². The molecule has 0 unspecified atom stereocenters. The Bertz CT molecular complexity index is 1960. The molecule has 0 aromatic heterocycles. The van der Waals surface area contributed by atoms with Gasteiger partial charge in [0.05, 0.1) is 29.8 Å². The summed E-state index contributed by atoms with van der Waals surface area (Å²) in [6, 6.07) is 41.6. The van der Waals surface area contributed by atoms with Crippen molar-refractivity contribution < 1.29 is 28.1 Å².